The topological polar surface area (TPSA) is 17.8 Å². The molecule has 1 heterocycles. The van der Waals surface area contributed by atoms with Crippen LogP contribution in [0.5, 0.6) is 0 Å². The number of aromatic nitrogens is 2. The molecule has 142 valence electrons. The molecule has 0 N–H and O–H groups in total. The molecule has 30 heavy (non-hydrogen) atoms. The van der Waals surface area contributed by atoms with Crippen molar-refractivity contribution >= 4 is 32.6 Å². The van der Waals surface area contributed by atoms with E-state index in [0.717, 1.165) is 44.1 Å². The van der Waals surface area contributed by atoms with Gasteiger partial charge in [0.05, 0.1) is 23.6 Å². The van der Waals surface area contributed by atoms with E-state index >= 15 is 0 Å². The van der Waals surface area contributed by atoms with Gasteiger partial charge in [-0.3, -0.25) is 4.57 Å². The highest BCUT2D eigenvalue weighted by Gasteiger charge is 2.18. The van der Waals surface area contributed by atoms with Crippen molar-refractivity contribution in [3.8, 4) is 16.8 Å². The number of fused-ring (bicyclic) bond motifs is 3. The molecule has 0 unspecified atom stereocenters. The molecule has 0 fully saturated rings. The van der Waals surface area contributed by atoms with Crippen LogP contribution in [-0.2, 0) is 0 Å². The molecule has 5 aromatic carbocycles. The number of hydrogen-bond donors (Lipinski definition) is 0. The lowest BCUT2D eigenvalue weighted by Gasteiger charge is -2.19. The highest BCUT2D eigenvalue weighted by Crippen LogP contribution is 2.41. The van der Waals surface area contributed by atoms with Crippen molar-refractivity contribution in [2.75, 3.05) is 0 Å². The van der Waals surface area contributed by atoms with E-state index in [1.165, 1.54) is 0 Å². The van der Waals surface area contributed by atoms with E-state index in [2.05, 4.69) is 4.57 Å². The third kappa shape index (κ3) is 2.40. The molecule has 6 rings (SSSR count). The summed E-state index contributed by atoms with van der Waals surface area (Å²) in [6.45, 7) is 1.98. The summed E-state index contributed by atoms with van der Waals surface area (Å²) in [5.74, 6) is 0.845. The largest absolute Gasteiger partial charge is 0.295 e. The summed E-state index contributed by atoms with van der Waals surface area (Å²) in [7, 11) is 0. The molecule has 0 aliphatic heterocycles. The Morgan fingerprint density at radius 2 is 1.27 bits per heavy atom. The molecule has 0 radical (unpaired) electrons. The molecule has 0 aliphatic carbocycles. The van der Waals surface area contributed by atoms with Crippen molar-refractivity contribution in [2.24, 2.45) is 0 Å². The van der Waals surface area contributed by atoms with Crippen LogP contribution in [0.1, 0.15) is 12.7 Å². The van der Waals surface area contributed by atoms with Crippen LogP contribution < -0.4 is 0 Å². The van der Waals surface area contributed by atoms with E-state index in [-0.39, 0.29) is 29.7 Å². The minimum absolute atomic E-state index is 0.205. The molecular formula is C28H20N2. The summed E-state index contributed by atoms with van der Waals surface area (Å²) in [6, 6.07) is 22.2. The maximum atomic E-state index is 8.67. The fraction of sp³-hybridized carbons (Fsp3) is 0.0357. The average Bonchev–Trinajstić information content (AvgIpc) is 3.21. The third-order valence-corrected chi connectivity index (χ3v) is 5.61. The second-order valence-electron chi connectivity index (χ2n) is 7.30. The average molecular weight is 390 g/mol. The highest BCUT2D eigenvalue weighted by molar-refractivity contribution is 6.18. The van der Waals surface area contributed by atoms with Crippen LogP contribution >= 0.6 is 0 Å². The first-order chi connectivity index (χ1) is 16.9. The Bertz CT molecular complexity index is 1730. The second-order valence-corrected chi connectivity index (χ2v) is 7.30. The van der Waals surface area contributed by atoms with Crippen LogP contribution in [0.15, 0.2) is 103 Å². The molecule has 0 saturated heterocycles. The van der Waals surface area contributed by atoms with Crippen molar-refractivity contribution in [1.29, 1.82) is 0 Å². The van der Waals surface area contributed by atoms with Gasteiger partial charge in [0.15, 0.2) is 0 Å². The Kier molecular flexibility index (Phi) is 2.76. The smallest absolute Gasteiger partial charge is 0.111 e. The molecule has 0 spiro atoms. The summed E-state index contributed by atoms with van der Waals surface area (Å²) < 4.78 is 44.0. The standard InChI is InChI=1S/C28H20N2/c1-19-29-25-17-9-10-18-26(25)30(19)28-23-15-7-5-13-21(23)27(20-11-3-2-4-12-20)22-14-6-8-16-24(22)28/h2-18H,1H3/i2D,3D,4D,11D,12D. The SMILES string of the molecule is [2H]c1c([2H])c([2H])c(-c2c3ccccc3c(-n3c(C)nc4ccccc43)c3ccccc23)c([2H])c1[2H]. The lowest BCUT2D eigenvalue weighted by atomic mass is 9.90. The normalized spacial score (nSPS) is 13.8. The number of hydrogen-bond acceptors (Lipinski definition) is 1. The summed E-state index contributed by atoms with van der Waals surface area (Å²) >= 11 is 0. The molecule has 0 amide bonds. The number of aryl methyl sites for hydroxylation is 1. The van der Waals surface area contributed by atoms with Gasteiger partial charge < -0.3 is 0 Å². The van der Waals surface area contributed by atoms with Gasteiger partial charge in [-0.05, 0) is 41.0 Å². The van der Waals surface area contributed by atoms with Crippen molar-refractivity contribution in [3.63, 3.8) is 0 Å². The predicted octanol–water partition coefficient (Wildman–Crippen LogP) is 7.31. The van der Waals surface area contributed by atoms with Gasteiger partial charge in [-0.2, -0.15) is 0 Å². The first-order valence-electron chi connectivity index (χ1n) is 12.4. The minimum Gasteiger partial charge on any atom is -0.295 e. The zero-order valence-corrected chi connectivity index (χ0v) is 16.3. The van der Waals surface area contributed by atoms with Gasteiger partial charge in [-0.15, -0.1) is 0 Å². The van der Waals surface area contributed by atoms with Crippen molar-refractivity contribution in [1.82, 2.24) is 9.55 Å². The Morgan fingerprint density at radius 1 is 0.700 bits per heavy atom. The van der Waals surface area contributed by atoms with Gasteiger partial charge in [0.1, 0.15) is 5.82 Å². The Hall–Kier alpha value is -3.91. The van der Waals surface area contributed by atoms with Crippen LogP contribution in [-0.4, -0.2) is 9.55 Å². The highest BCUT2D eigenvalue weighted by atomic mass is 15.1. The van der Waals surface area contributed by atoms with Gasteiger partial charge >= 0.3 is 0 Å². The molecule has 0 saturated carbocycles. The fourth-order valence-corrected chi connectivity index (χ4v) is 4.42. The van der Waals surface area contributed by atoms with Crippen LogP contribution in [0.25, 0.3) is 49.4 Å². The molecule has 2 heteroatoms. The first-order valence-corrected chi connectivity index (χ1v) is 9.85. The zero-order chi connectivity index (χ0) is 24.4. The molecule has 0 aliphatic rings. The van der Waals surface area contributed by atoms with Gasteiger partial charge in [0.25, 0.3) is 0 Å². The summed E-state index contributed by atoms with van der Waals surface area (Å²) in [6.07, 6.45) is 0. The minimum atomic E-state index is -0.394. The third-order valence-electron chi connectivity index (χ3n) is 5.61. The van der Waals surface area contributed by atoms with E-state index in [0.29, 0.717) is 5.56 Å². The van der Waals surface area contributed by atoms with Gasteiger partial charge in [0.2, 0.25) is 0 Å². The van der Waals surface area contributed by atoms with Gasteiger partial charge in [0, 0.05) is 10.8 Å². The summed E-state index contributed by atoms with van der Waals surface area (Å²) in [5, 5.41) is 3.47. The molecule has 2 nitrogen and oxygen atoms in total. The Morgan fingerprint density at radius 3 is 1.93 bits per heavy atom. The lowest BCUT2D eigenvalue weighted by molar-refractivity contribution is 1.02. The van der Waals surface area contributed by atoms with E-state index in [4.69, 9.17) is 11.8 Å². The van der Waals surface area contributed by atoms with Crippen LogP contribution in [0, 0.1) is 6.92 Å². The monoisotopic (exact) mass is 389 g/mol. The Labute approximate surface area is 182 Å². The molecule has 0 bridgehead atoms. The first kappa shape index (κ1) is 12.6. The fourth-order valence-electron chi connectivity index (χ4n) is 4.42. The van der Waals surface area contributed by atoms with Crippen LogP contribution in [0.4, 0.5) is 0 Å². The zero-order valence-electron chi connectivity index (χ0n) is 21.3. The molecule has 0 atom stereocenters. The van der Waals surface area contributed by atoms with E-state index in [1.807, 2.05) is 79.7 Å². The van der Waals surface area contributed by atoms with E-state index in [1.54, 1.807) is 0 Å². The second kappa shape index (κ2) is 6.57. The number of imidazole rings is 1. The van der Waals surface area contributed by atoms with Crippen LogP contribution in [0.3, 0.4) is 0 Å². The molecule has 6 aromatic rings. The molecular weight excluding hydrogens is 364 g/mol. The van der Waals surface area contributed by atoms with Gasteiger partial charge in [-0.25, -0.2) is 4.98 Å². The number of para-hydroxylation sites is 2. The van der Waals surface area contributed by atoms with Crippen molar-refractivity contribution < 1.29 is 6.85 Å². The van der Waals surface area contributed by atoms with E-state index < -0.39 is 6.04 Å². The quantitative estimate of drug-likeness (QED) is 0.284. The van der Waals surface area contributed by atoms with Crippen LogP contribution in [0.2, 0.25) is 0 Å². The van der Waals surface area contributed by atoms with E-state index in [9.17, 15) is 0 Å². The van der Waals surface area contributed by atoms with Gasteiger partial charge in [-0.1, -0.05) is 90.9 Å². The summed E-state index contributed by atoms with van der Waals surface area (Å²) in [5.41, 5.74) is 3.68. The maximum Gasteiger partial charge on any atom is 0.111 e. The number of benzene rings is 5. The van der Waals surface area contributed by atoms with Crippen molar-refractivity contribution in [2.45, 2.75) is 6.92 Å². The number of nitrogens with zero attached hydrogens (tertiary/aromatic N) is 2. The maximum absolute atomic E-state index is 8.67. The predicted molar refractivity (Wildman–Crippen MR) is 126 cm³/mol. The Balaban J connectivity index is 1.87. The van der Waals surface area contributed by atoms with Crippen molar-refractivity contribution in [3.05, 3.63) is 109 Å². The molecule has 1 aromatic heterocycles. The number of rotatable bonds is 2. The lowest BCUT2D eigenvalue weighted by Crippen LogP contribution is -2.01. The summed E-state index contributed by atoms with van der Waals surface area (Å²) in [4.78, 5) is 4.78.